The molecule has 132 valence electrons. The molecule has 2 aromatic rings. The van der Waals surface area contributed by atoms with Crippen molar-refractivity contribution < 1.29 is 9.53 Å². The van der Waals surface area contributed by atoms with E-state index in [0.29, 0.717) is 17.2 Å². The van der Waals surface area contributed by atoms with Crippen LogP contribution in [0.15, 0.2) is 48.8 Å². The fraction of sp³-hybridized carbons (Fsp3) is 0.400. The summed E-state index contributed by atoms with van der Waals surface area (Å²) in [4.78, 5) is 18.8. The van der Waals surface area contributed by atoms with Gasteiger partial charge in [0.05, 0.1) is 7.11 Å². The van der Waals surface area contributed by atoms with Crippen LogP contribution in [-0.2, 0) is 6.54 Å². The topological polar surface area (TPSA) is 54.5 Å². The number of piperidine rings is 1. The zero-order valence-corrected chi connectivity index (χ0v) is 14.6. The molecule has 5 heteroatoms. The van der Waals surface area contributed by atoms with Crippen molar-refractivity contribution in [3.63, 3.8) is 0 Å². The average molecular weight is 339 g/mol. The third-order valence-electron chi connectivity index (χ3n) is 4.75. The van der Waals surface area contributed by atoms with Crippen LogP contribution in [0.5, 0.6) is 5.75 Å². The largest absolute Gasteiger partial charge is 0.497 e. The van der Waals surface area contributed by atoms with Crippen molar-refractivity contribution >= 4 is 5.91 Å². The van der Waals surface area contributed by atoms with Crippen LogP contribution in [0.25, 0.3) is 0 Å². The van der Waals surface area contributed by atoms with E-state index < -0.39 is 0 Å². The summed E-state index contributed by atoms with van der Waals surface area (Å²) in [7, 11) is 1.61. The van der Waals surface area contributed by atoms with Crippen molar-refractivity contribution in [3.05, 3.63) is 59.9 Å². The second-order valence-corrected chi connectivity index (χ2v) is 6.52. The van der Waals surface area contributed by atoms with Crippen LogP contribution in [0.1, 0.15) is 28.8 Å². The minimum atomic E-state index is -0.0295. The number of nitrogens with zero attached hydrogens (tertiary/aromatic N) is 2. The molecule has 1 amide bonds. The number of ether oxygens (including phenoxy) is 1. The van der Waals surface area contributed by atoms with Crippen molar-refractivity contribution in [2.45, 2.75) is 19.4 Å². The molecule has 0 unspecified atom stereocenters. The first kappa shape index (κ1) is 17.4. The fourth-order valence-electron chi connectivity index (χ4n) is 3.20. The van der Waals surface area contributed by atoms with Crippen LogP contribution >= 0.6 is 0 Å². The Morgan fingerprint density at radius 2 is 2.00 bits per heavy atom. The maximum absolute atomic E-state index is 12.3. The molecule has 3 rings (SSSR count). The number of aromatic nitrogens is 1. The molecule has 1 fully saturated rings. The molecule has 1 aromatic heterocycles. The van der Waals surface area contributed by atoms with Crippen molar-refractivity contribution in [3.8, 4) is 5.75 Å². The highest BCUT2D eigenvalue weighted by Crippen LogP contribution is 2.19. The van der Waals surface area contributed by atoms with Gasteiger partial charge in [0.15, 0.2) is 0 Å². The highest BCUT2D eigenvalue weighted by molar-refractivity contribution is 5.94. The molecule has 2 heterocycles. The molecule has 0 radical (unpaired) electrons. The first-order valence-electron chi connectivity index (χ1n) is 8.78. The number of nitrogens with one attached hydrogen (secondary N) is 1. The monoisotopic (exact) mass is 339 g/mol. The molecule has 1 aliphatic rings. The van der Waals surface area contributed by atoms with E-state index in [9.17, 15) is 4.79 Å². The molecule has 1 N–H and O–H groups in total. The standard InChI is InChI=1S/C20H25N3O2/c1-25-19-4-2-3-18(13-19)20(24)22-14-16-7-11-23(12-8-16)15-17-5-9-21-10-6-17/h2-6,9-10,13,16H,7-8,11-12,14-15H2,1H3,(H,22,24). The second-order valence-electron chi connectivity index (χ2n) is 6.52. The number of rotatable bonds is 6. The molecule has 1 saturated heterocycles. The number of hydrogen-bond donors (Lipinski definition) is 1. The van der Waals surface area contributed by atoms with Crippen molar-refractivity contribution in [2.24, 2.45) is 5.92 Å². The summed E-state index contributed by atoms with van der Waals surface area (Å²) < 4.78 is 5.17. The molecule has 1 aliphatic heterocycles. The number of pyridine rings is 1. The molecular weight excluding hydrogens is 314 g/mol. The van der Waals surface area contributed by atoms with E-state index in [1.165, 1.54) is 5.56 Å². The van der Waals surface area contributed by atoms with E-state index in [1.54, 1.807) is 13.2 Å². The Labute approximate surface area is 149 Å². The number of hydrogen-bond acceptors (Lipinski definition) is 4. The Balaban J connectivity index is 1.42. The van der Waals surface area contributed by atoms with Crippen LogP contribution in [-0.4, -0.2) is 42.5 Å². The van der Waals surface area contributed by atoms with Crippen LogP contribution < -0.4 is 10.1 Å². The van der Waals surface area contributed by atoms with Gasteiger partial charge in [-0.2, -0.15) is 0 Å². The highest BCUT2D eigenvalue weighted by Gasteiger charge is 2.20. The van der Waals surface area contributed by atoms with Crippen LogP contribution in [0.3, 0.4) is 0 Å². The number of likely N-dealkylation sites (tertiary alicyclic amines) is 1. The number of benzene rings is 1. The molecule has 5 nitrogen and oxygen atoms in total. The first-order valence-corrected chi connectivity index (χ1v) is 8.78. The molecular formula is C20H25N3O2. The van der Waals surface area contributed by atoms with E-state index in [0.717, 1.165) is 39.0 Å². The van der Waals surface area contributed by atoms with Gasteiger partial charge in [-0.1, -0.05) is 6.07 Å². The van der Waals surface area contributed by atoms with E-state index in [4.69, 9.17) is 4.74 Å². The summed E-state index contributed by atoms with van der Waals surface area (Å²) in [5.74, 6) is 1.22. The quantitative estimate of drug-likeness (QED) is 0.879. The van der Waals surface area contributed by atoms with E-state index >= 15 is 0 Å². The van der Waals surface area contributed by atoms with Crippen LogP contribution in [0, 0.1) is 5.92 Å². The lowest BCUT2D eigenvalue weighted by atomic mass is 9.96. The predicted octanol–water partition coefficient (Wildman–Crippen LogP) is 2.73. The Morgan fingerprint density at radius 3 is 2.72 bits per heavy atom. The molecule has 1 aromatic carbocycles. The maximum atomic E-state index is 12.3. The molecule has 25 heavy (non-hydrogen) atoms. The molecule has 0 atom stereocenters. The van der Waals surface area contributed by atoms with Gasteiger partial charge in [-0.3, -0.25) is 14.7 Å². The molecule has 0 spiro atoms. The number of carbonyl (C=O) groups is 1. The summed E-state index contributed by atoms with van der Waals surface area (Å²) in [6.07, 6.45) is 5.92. The Hall–Kier alpha value is -2.40. The Kier molecular flexibility index (Phi) is 6.01. The average Bonchev–Trinajstić information content (AvgIpc) is 2.68. The molecule has 0 aliphatic carbocycles. The lowest BCUT2D eigenvalue weighted by molar-refractivity contribution is 0.0935. The third kappa shape index (κ3) is 5.03. The lowest BCUT2D eigenvalue weighted by Gasteiger charge is -2.32. The van der Waals surface area contributed by atoms with E-state index in [2.05, 4.69) is 27.3 Å². The summed E-state index contributed by atoms with van der Waals surface area (Å²) in [6.45, 7) is 3.86. The summed E-state index contributed by atoms with van der Waals surface area (Å²) in [5, 5.41) is 3.06. The van der Waals surface area contributed by atoms with Gasteiger partial charge in [-0.15, -0.1) is 0 Å². The van der Waals surface area contributed by atoms with E-state index in [1.807, 2.05) is 30.6 Å². The van der Waals surface area contributed by atoms with Gasteiger partial charge < -0.3 is 10.1 Å². The maximum Gasteiger partial charge on any atom is 0.251 e. The number of amides is 1. The van der Waals surface area contributed by atoms with Gasteiger partial charge in [0.2, 0.25) is 0 Å². The highest BCUT2D eigenvalue weighted by atomic mass is 16.5. The third-order valence-corrected chi connectivity index (χ3v) is 4.75. The zero-order valence-electron chi connectivity index (χ0n) is 14.6. The van der Waals surface area contributed by atoms with Crippen LogP contribution in [0.2, 0.25) is 0 Å². The van der Waals surface area contributed by atoms with Gasteiger partial charge >= 0.3 is 0 Å². The molecule has 0 saturated carbocycles. The van der Waals surface area contributed by atoms with Crippen molar-refractivity contribution in [1.82, 2.24) is 15.2 Å². The Bertz CT molecular complexity index is 682. The van der Waals surface area contributed by atoms with Crippen LogP contribution in [0.4, 0.5) is 0 Å². The minimum Gasteiger partial charge on any atom is -0.497 e. The van der Waals surface area contributed by atoms with Gasteiger partial charge in [-0.05, 0) is 67.7 Å². The summed E-state index contributed by atoms with van der Waals surface area (Å²) in [6, 6.07) is 11.4. The van der Waals surface area contributed by atoms with Gasteiger partial charge in [-0.25, -0.2) is 0 Å². The van der Waals surface area contributed by atoms with Gasteiger partial charge in [0.1, 0.15) is 5.75 Å². The van der Waals surface area contributed by atoms with Crippen molar-refractivity contribution in [2.75, 3.05) is 26.7 Å². The van der Waals surface area contributed by atoms with Crippen molar-refractivity contribution in [1.29, 1.82) is 0 Å². The normalized spacial score (nSPS) is 15.7. The Morgan fingerprint density at radius 1 is 1.24 bits per heavy atom. The zero-order chi connectivity index (χ0) is 17.5. The predicted molar refractivity (Wildman–Crippen MR) is 97.6 cm³/mol. The molecule has 0 bridgehead atoms. The number of methoxy groups -OCH3 is 1. The lowest BCUT2D eigenvalue weighted by Crippen LogP contribution is -2.38. The van der Waals surface area contributed by atoms with Gasteiger partial charge in [0.25, 0.3) is 5.91 Å². The minimum absolute atomic E-state index is 0.0295. The second kappa shape index (κ2) is 8.62. The summed E-state index contributed by atoms with van der Waals surface area (Å²) in [5.41, 5.74) is 1.95. The fourth-order valence-corrected chi connectivity index (χ4v) is 3.20. The number of carbonyl (C=O) groups excluding carboxylic acids is 1. The van der Waals surface area contributed by atoms with E-state index in [-0.39, 0.29) is 5.91 Å². The summed E-state index contributed by atoms with van der Waals surface area (Å²) >= 11 is 0. The SMILES string of the molecule is COc1cccc(C(=O)NCC2CCN(Cc3ccncc3)CC2)c1. The first-order chi connectivity index (χ1) is 12.2. The smallest absolute Gasteiger partial charge is 0.251 e. The van der Waals surface area contributed by atoms with Gasteiger partial charge in [0, 0.05) is 31.0 Å².